The summed E-state index contributed by atoms with van der Waals surface area (Å²) in [6, 6.07) is 29.9. The zero-order valence-electron chi connectivity index (χ0n) is 22.4. The Morgan fingerprint density at radius 3 is 2.12 bits per heavy atom. The Bertz CT molecular complexity index is 1520. The maximum absolute atomic E-state index is 13.5. The van der Waals surface area contributed by atoms with Gasteiger partial charge in [0.05, 0.1) is 23.4 Å². The van der Waals surface area contributed by atoms with E-state index in [0.29, 0.717) is 30.4 Å². The molecule has 1 amide bonds. The first-order valence-electron chi connectivity index (χ1n) is 12.8. The molecule has 8 nitrogen and oxygen atoms in total. The number of aryl methyl sites for hydroxylation is 1. The standard InChI is InChI=1S/C31H31N3O5S/c1-3-38-28-17-19-30(20-18-28)40(36,37)34(27-7-5-4-6-8-27)22-31(35)33-32-21-25-13-15-29(16-14-25)39-23-26-11-9-24(2)10-12-26/h4-21H,3,22-23H2,1-2H3,(H,33,35)/b32-21-. The van der Waals surface area contributed by atoms with Crippen LogP contribution in [0.4, 0.5) is 5.69 Å². The highest BCUT2D eigenvalue weighted by atomic mass is 32.2. The van der Waals surface area contributed by atoms with Gasteiger partial charge in [0, 0.05) is 0 Å². The predicted molar refractivity (Wildman–Crippen MR) is 156 cm³/mol. The van der Waals surface area contributed by atoms with Gasteiger partial charge in [0.2, 0.25) is 0 Å². The summed E-state index contributed by atoms with van der Waals surface area (Å²) < 4.78 is 39.2. The van der Waals surface area contributed by atoms with Crippen LogP contribution in [0.3, 0.4) is 0 Å². The van der Waals surface area contributed by atoms with Crippen molar-refractivity contribution < 1.29 is 22.7 Å². The molecule has 0 aliphatic rings. The molecule has 0 saturated heterocycles. The van der Waals surface area contributed by atoms with Gasteiger partial charge in [-0.25, -0.2) is 13.8 Å². The number of hydrogen-bond acceptors (Lipinski definition) is 6. The first kappa shape index (κ1) is 28.4. The minimum absolute atomic E-state index is 0.0424. The fraction of sp³-hybridized carbons (Fsp3) is 0.161. The Hall–Kier alpha value is -4.63. The number of hydrazone groups is 1. The Labute approximate surface area is 234 Å². The lowest BCUT2D eigenvalue weighted by Crippen LogP contribution is -2.39. The number of para-hydroxylation sites is 1. The van der Waals surface area contributed by atoms with E-state index in [2.05, 4.69) is 10.5 Å². The lowest BCUT2D eigenvalue weighted by molar-refractivity contribution is -0.119. The van der Waals surface area contributed by atoms with Crippen molar-refractivity contribution in [1.29, 1.82) is 0 Å². The molecule has 9 heteroatoms. The molecule has 0 aliphatic carbocycles. The van der Waals surface area contributed by atoms with Crippen LogP contribution in [0.15, 0.2) is 113 Å². The molecule has 1 N–H and O–H groups in total. The minimum atomic E-state index is -4.04. The normalized spacial score (nSPS) is 11.2. The number of nitrogens with one attached hydrogen (secondary N) is 1. The SMILES string of the molecule is CCOc1ccc(S(=O)(=O)N(CC(=O)N/N=C\c2ccc(OCc3ccc(C)cc3)cc2)c2ccccc2)cc1. The highest BCUT2D eigenvalue weighted by molar-refractivity contribution is 7.92. The number of carbonyl (C=O) groups excluding carboxylic acids is 1. The van der Waals surface area contributed by atoms with Gasteiger partial charge in [-0.15, -0.1) is 0 Å². The van der Waals surface area contributed by atoms with E-state index in [1.807, 2.05) is 62.4 Å². The summed E-state index contributed by atoms with van der Waals surface area (Å²) >= 11 is 0. The van der Waals surface area contributed by atoms with Crippen molar-refractivity contribution in [3.05, 3.63) is 120 Å². The van der Waals surface area contributed by atoms with Crippen molar-refractivity contribution in [3.8, 4) is 11.5 Å². The van der Waals surface area contributed by atoms with Gasteiger partial charge in [-0.05, 0) is 85.6 Å². The molecule has 4 rings (SSSR count). The van der Waals surface area contributed by atoms with Crippen molar-refractivity contribution in [1.82, 2.24) is 5.43 Å². The van der Waals surface area contributed by atoms with Gasteiger partial charge in [0.15, 0.2) is 0 Å². The van der Waals surface area contributed by atoms with Gasteiger partial charge >= 0.3 is 0 Å². The second kappa shape index (κ2) is 13.4. The van der Waals surface area contributed by atoms with E-state index in [1.54, 1.807) is 42.5 Å². The van der Waals surface area contributed by atoms with E-state index in [9.17, 15) is 13.2 Å². The highest BCUT2D eigenvalue weighted by Gasteiger charge is 2.27. The molecule has 0 spiro atoms. The third-order valence-electron chi connectivity index (χ3n) is 5.86. The van der Waals surface area contributed by atoms with Crippen molar-refractivity contribution in [2.45, 2.75) is 25.3 Å². The predicted octanol–water partition coefficient (Wildman–Crippen LogP) is 5.32. The number of benzene rings is 4. The van der Waals surface area contributed by atoms with E-state index in [1.165, 1.54) is 23.9 Å². The molecule has 0 saturated carbocycles. The summed E-state index contributed by atoms with van der Waals surface area (Å²) in [6.07, 6.45) is 1.48. The maximum Gasteiger partial charge on any atom is 0.264 e. The zero-order chi connectivity index (χ0) is 28.4. The molecule has 0 atom stereocenters. The van der Waals surface area contributed by atoms with Crippen LogP contribution in [0.1, 0.15) is 23.6 Å². The lowest BCUT2D eigenvalue weighted by atomic mass is 10.2. The monoisotopic (exact) mass is 557 g/mol. The van der Waals surface area contributed by atoms with Gasteiger partial charge in [-0.2, -0.15) is 5.10 Å². The minimum Gasteiger partial charge on any atom is -0.494 e. The zero-order valence-corrected chi connectivity index (χ0v) is 23.2. The summed E-state index contributed by atoms with van der Waals surface area (Å²) in [5.41, 5.74) is 5.79. The maximum atomic E-state index is 13.5. The Morgan fingerprint density at radius 1 is 0.850 bits per heavy atom. The van der Waals surface area contributed by atoms with E-state index >= 15 is 0 Å². The molecule has 4 aromatic carbocycles. The molecular weight excluding hydrogens is 526 g/mol. The number of amides is 1. The summed E-state index contributed by atoms with van der Waals surface area (Å²) in [5.74, 6) is 0.679. The fourth-order valence-corrected chi connectivity index (χ4v) is 5.18. The van der Waals surface area contributed by atoms with E-state index in [0.717, 1.165) is 15.4 Å². The van der Waals surface area contributed by atoms with Crippen LogP contribution in [0.2, 0.25) is 0 Å². The van der Waals surface area contributed by atoms with Crippen LogP contribution in [0, 0.1) is 6.92 Å². The number of ether oxygens (including phenoxy) is 2. The van der Waals surface area contributed by atoms with E-state index in [4.69, 9.17) is 9.47 Å². The van der Waals surface area contributed by atoms with Crippen molar-refractivity contribution in [2.24, 2.45) is 5.10 Å². The number of carbonyl (C=O) groups is 1. The number of hydrogen-bond donors (Lipinski definition) is 1. The van der Waals surface area contributed by atoms with Gasteiger partial charge in [0.25, 0.3) is 15.9 Å². The quantitative estimate of drug-likeness (QED) is 0.188. The fourth-order valence-electron chi connectivity index (χ4n) is 3.76. The number of sulfonamides is 1. The number of rotatable bonds is 12. The summed E-state index contributed by atoms with van der Waals surface area (Å²) in [4.78, 5) is 12.8. The topological polar surface area (TPSA) is 97.3 Å². The molecule has 0 radical (unpaired) electrons. The number of anilines is 1. The molecule has 0 heterocycles. The van der Waals surface area contributed by atoms with Crippen LogP contribution in [0.25, 0.3) is 0 Å². The van der Waals surface area contributed by atoms with Crippen LogP contribution < -0.4 is 19.2 Å². The third-order valence-corrected chi connectivity index (χ3v) is 7.65. The average Bonchev–Trinajstić information content (AvgIpc) is 2.97. The van der Waals surface area contributed by atoms with Crippen molar-refractivity contribution in [2.75, 3.05) is 17.5 Å². The molecule has 0 unspecified atom stereocenters. The van der Waals surface area contributed by atoms with Crippen LogP contribution in [-0.2, 0) is 21.4 Å². The van der Waals surface area contributed by atoms with Crippen LogP contribution >= 0.6 is 0 Å². The number of nitrogens with zero attached hydrogens (tertiary/aromatic N) is 2. The highest BCUT2D eigenvalue weighted by Crippen LogP contribution is 2.25. The molecule has 206 valence electrons. The second-order valence-electron chi connectivity index (χ2n) is 8.89. The van der Waals surface area contributed by atoms with Crippen molar-refractivity contribution >= 4 is 27.8 Å². The molecule has 40 heavy (non-hydrogen) atoms. The Morgan fingerprint density at radius 2 is 1.48 bits per heavy atom. The van der Waals surface area contributed by atoms with Crippen LogP contribution in [0.5, 0.6) is 11.5 Å². The average molecular weight is 558 g/mol. The summed E-state index contributed by atoms with van der Waals surface area (Å²) in [5, 5.41) is 4.00. The summed E-state index contributed by atoms with van der Waals surface area (Å²) in [6.45, 7) is 4.36. The molecular formula is C31H31N3O5S. The Balaban J connectivity index is 1.38. The van der Waals surface area contributed by atoms with Gasteiger partial charge in [-0.3, -0.25) is 9.10 Å². The van der Waals surface area contributed by atoms with Gasteiger partial charge in [-0.1, -0.05) is 48.0 Å². The van der Waals surface area contributed by atoms with Crippen LogP contribution in [-0.4, -0.2) is 33.7 Å². The second-order valence-corrected chi connectivity index (χ2v) is 10.8. The third kappa shape index (κ3) is 7.70. The lowest BCUT2D eigenvalue weighted by Gasteiger charge is -2.23. The van der Waals surface area contributed by atoms with Crippen molar-refractivity contribution in [3.63, 3.8) is 0 Å². The van der Waals surface area contributed by atoms with E-state index in [-0.39, 0.29) is 4.90 Å². The van der Waals surface area contributed by atoms with Gasteiger partial charge < -0.3 is 9.47 Å². The first-order chi connectivity index (χ1) is 19.3. The molecule has 0 fully saturated rings. The largest absolute Gasteiger partial charge is 0.494 e. The first-order valence-corrected chi connectivity index (χ1v) is 14.2. The smallest absolute Gasteiger partial charge is 0.264 e. The molecule has 0 aromatic heterocycles. The van der Waals surface area contributed by atoms with Gasteiger partial charge in [0.1, 0.15) is 24.7 Å². The molecule has 0 aliphatic heterocycles. The Kier molecular flexibility index (Phi) is 9.53. The molecule has 0 bridgehead atoms. The van der Waals surface area contributed by atoms with E-state index < -0.39 is 22.5 Å². The summed E-state index contributed by atoms with van der Waals surface area (Å²) in [7, 11) is -4.04. The molecule has 4 aromatic rings.